The van der Waals surface area contributed by atoms with E-state index in [2.05, 4.69) is 39.4 Å². The molecule has 2 fully saturated rings. The van der Waals surface area contributed by atoms with Gasteiger partial charge in [0.15, 0.2) is 5.96 Å². The van der Waals surface area contributed by atoms with Crippen LogP contribution < -0.4 is 10.6 Å². The molecule has 5 nitrogen and oxygen atoms in total. The molecule has 2 heterocycles. The molecular weight excluding hydrogens is 401 g/mol. The van der Waals surface area contributed by atoms with Crippen molar-refractivity contribution in [2.24, 2.45) is 10.9 Å². The van der Waals surface area contributed by atoms with Crippen molar-refractivity contribution in [3.63, 3.8) is 0 Å². The SMILES string of the molecule is CCC1CCCCN1CCNC(=NC)NCC1CCN(C)C1.I. The first-order chi connectivity index (χ1) is 10.7. The van der Waals surface area contributed by atoms with Gasteiger partial charge in [0.25, 0.3) is 0 Å². The minimum atomic E-state index is 0. The zero-order valence-electron chi connectivity index (χ0n) is 15.2. The number of nitrogens with one attached hydrogen (secondary N) is 2. The average molecular weight is 437 g/mol. The number of nitrogens with zero attached hydrogens (tertiary/aromatic N) is 3. The highest BCUT2D eigenvalue weighted by Gasteiger charge is 2.21. The van der Waals surface area contributed by atoms with E-state index in [4.69, 9.17) is 0 Å². The molecule has 0 spiro atoms. The number of guanidine groups is 1. The molecule has 0 bridgehead atoms. The zero-order valence-corrected chi connectivity index (χ0v) is 17.5. The zero-order chi connectivity index (χ0) is 15.8. The van der Waals surface area contributed by atoms with Crippen LogP contribution in [0, 0.1) is 5.92 Å². The van der Waals surface area contributed by atoms with Crippen LogP contribution in [0.25, 0.3) is 0 Å². The lowest BCUT2D eigenvalue weighted by Crippen LogP contribution is -2.46. The van der Waals surface area contributed by atoms with Crippen LogP contribution in [0.1, 0.15) is 39.0 Å². The fraction of sp³-hybridized carbons (Fsp3) is 0.941. The predicted molar refractivity (Wildman–Crippen MR) is 110 cm³/mol. The largest absolute Gasteiger partial charge is 0.356 e. The second-order valence-corrected chi connectivity index (χ2v) is 6.89. The molecular formula is C17H36IN5. The van der Waals surface area contributed by atoms with Crippen LogP contribution in [0.3, 0.4) is 0 Å². The van der Waals surface area contributed by atoms with Gasteiger partial charge in [0, 0.05) is 39.3 Å². The highest BCUT2D eigenvalue weighted by molar-refractivity contribution is 14.0. The third kappa shape index (κ3) is 7.13. The van der Waals surface area contributed by atoms with E-state index in [1.807, 2.05) is 7.05 Å². The van der Waals surface area contributed by atoms with Crippen molar-refractivity contribution in [2.45, 2.75) is 45.1 Å². The number of rotatable bonds is 6. The van der Waals surface area contributed by atoms with Crippen molar-refractivity contribution in [1.82, 2.24) is 20.4 Å². The molecule has 2 atom stereocenters. The molecule has 2 aliphatic rings. The van der Waals surface area contributed by atoms with Crippen molar-refractivity contribution in [3.05, 3.63) is 0 Å². The highest BCUT2D eigenvalue weighted by atomic mass is 127. The van der Waals surface area contributed by atoms with Gasteiger partial charge < -0.3 is 15.5 Å². The third-order valence-electron chi connectivity index (χ3n) is 5.18. The van der Waals surface area contributed by atoms with Gasteiger partial charge in [0.05, 0.1) is 0 Å². The van der Waals surface area contributed by atoms with Gasteiger partial charge in [0.2, 0.25) is 0 Å². The Morgan fingerprint density at radius 3 is 2.65 bits per heavy atom. The van der Waals surface area contributed by atoms with Crippen LogP contribution in [-0.2, 0) is 0 Å². The molecule has 0 amide bonds. The van der Waals surface area contributed by atoms with Crippen LogP contribution >= 0.6 is 24.0 Å². The minimum absolute atomic E-state index is 0. The highest BCUT2D eigenvalue weighted by Crippen LogP contribution is 2.18. The Labute approximate surface area is 159 Å². The Morgan fingerprint density at radius 2 is 2.00 bits per heavy atom. The van der Waals surface area contributed by atoms with Crippen LogP contribution in [-0.4, -0.2) is 75.2 Å². The summed E-state index contributed by atoms with van der Waals surface area (Å²) in [6.07, 6.45) is 6.72. The van der Waals surface area contributed by atoms with Crippen LogP contribution in [0.2, 0.25) is 0 Å². The van der Waals surface area contributed by atoms with Crippen LogP contribution in [0.15, 0.2) is 4.99 Å². The molecule has 0 radical (unpaired) electrons. The lowest BCUT2D eigenvalue weighted by atomic mass is 10.0. The summed E-state index contributed by atoms with van der Waals surface area (Å²) in [4.78, 5) is 9.41. The quantitative estimate of drug-likeness (QED) is 0.379. The van der Waals surface area contributed by atoms with Crippen LogP contribution in [0.5, 0.6) is 0 Å². The molecule has 2 rings (SSSR count). The van der Waals surface area contributed by atoms with E-state index in [-0.39, 0.29) is 24.0 Å². The Kier molecular flexibility index (Phi) is 10.5. The molecule has 0 aromatic carbocycles. The summed E-state index contributed by atoms with van der Waals surface area (Å²) < 4.78 is 0. The molecule has 136 valence electrons. The Hall–Kier alpha value is -0.0800. The Morgan fingerprint density at radius 1 is 1.17 bits per heavy atom. The second-order valence-electron chi connectivity index (χ2n) is 6.89. The van der Waals surface area contributed by atoms with Gasteiger partial charge in [-0.05, 0) is 51.7 Å². The summed E-state index contributed by atoms with van der Waals surface area (Å²) in [5.41, 5.74) is 0. The Balaban J connectivity index is 0.00000264. The molecule has 0 aromatic heterocycles. The second kappa shape index (κ2) is 11.5. The summed E-state index contributed by atoms with van der Waals surface area (Å²) in [5.74, 6) is 1.72. The molecule has 0 saturated carbocycles. The fourth-order valence-corrected chi connectivity index (χ4v) is 3.79. The number of halogens is 1. The van der Waals surface area contributed by atoms with E-state index >= 15 is 0 Å². The fourth-order valence-electron chi connectivity index (χ4n) is 3.79. The van der Waals surface area contributed by atoms with Gasteiger partial charge in [0.1, 0.15) is 0 Å². The van der Waals surface area contributed by atoms with Crippen molar-refractivity contribution in [3.8, 4) is 0 Å². The maximum Gasteiger partial charge on any atom is 0.191 e. The van der Waals surface area contributed by atoms with Gasteiger partial charge >= 0.3 is 0 Å². The van der Waals surface area contributed by atoms with Crippen molar-refractivity contribution in [1.29, 1.82) is 0 Å². The molecule has 2 aliphatic heterocycles. The monoisotopic (exact) mass is 437 g/mol. The number of likely N-dealkylation sites (tertiary alicyclic amines) is 2. The molecule has 23 heavy (non-hydrogen) atoms. The van der Waals surface area contributed by atoms with Gasteiger partial charge in [-0.15, -0.1) is 24.0 Å². The molecule has 2 saturated heterocycles. The van der Waals surface area contributed by atoms with E-state index in [0.29, 0.717) is 0 Å². The van der Waals surface area contributed by atoms with Crippen LogP contribution in [0.4, 0.5) is 0 Å². The minimum Gasteiger partial charge on any atom is -0.356 e. The lowest BCUT2D eigenvalue weighted by molar-refractivity contribution is 0.147. The normalized spacial score (nSPS) is 26.8. The van der Waals surface area contributed by atoms with E-state index < -0.39 is 0 Å². The summed E-state index contributed by atoms with van der Waals surface area (Å²) in [7, 11) is 4.07. The van der Waals surface area contributed by atoms with E-state index in [1.54, 1.807) is 0 Å². The molecule has 2 unspecified atom stereocenters. The van der Waals surface area contributed by atoms with Crippen molar-refractivity contribution >= 4 is 29.9 Å². The summed E-state index contributed by atoms with van der Waals surface area (Å²) in [6, 6.07) is 0.791. The third-order valence-corrected chi connectivity index (χ3v) is 5.18. The first-order valence-electron chi connectivity index (χ1n) is 9.10. The average Bonchev–Trinajstić information content (AvgIpc) is 2.96. The summed E-state index contributed by atoms with van der Waals surface area (Å²) in [5, 5.41) is 6.97. The predicted octanol–water partition coefficient (Wildman–Crippen LogP) is 1.99. The topological polar surface area (TPSA) is 42.9 Å². The number of aliphatic imine (C=N–C) groups is 1. The van der Waals surface area contributed by atoms with Crippen molar-refractivity contribution in [2.75, 3.05) is 53.4 Å². The smallest absolute Gasteiger partial charge is 0.191 e. The Bertz CT molecular complexity index is 350. The summed E-state index contributed by atoms with van der Waals surface area (Å²) in [6.45, 7) is 9.16. The van der Waals surface area contributed by atoms with Crippen molar-refractivity contribution < 1.29 is 0 Å². The van der Waals surface area contributed by atoms with E-state index in [9.17, 15) is 0 Å². The van der Waals surface area contributed by atoms with E-state index in [0.717, 1.165) is 37.6 Å². The summed E-state index contributed by atoms with van der Waals surface area (Å²) >= 11 is 0. The van der Waals surface area contributed by atoms with Gasteiger partial charge in [-0.2, -0.15) is 0 Å². The van der Waals surface area contributed by atoms with Gasteiger partial charge in [-0.25, -0.2) is 0 Å². The lowest BCUT2D eigenvalue weighted by Gasteiger charge is -2.35. The standard InChI is InChI=1S/C17H35N5.HI/c1-4-16-7-5-6-10-22(16)12-9-19-17(18-2)20-13-15-8-11-21(3)14-15;/h15-16H,4-14H2,1-3H3,(H2,18,19,20);1H. The number of hydrogen-bond acceptors (Lipinski definition) is 3. The molecule has 0 aromatic rings. The van der Waals surface area contributed by atoms with Gasteiger partial charge in [-0.1, -0.05) is 13.3 Å². The first kappa shape index (κ1) is 21.0. The number of hydrogen-bond donors (Lipinski definition) is 2. The molecule has 2 N–H and O–H groups in total. The van der Waals surface area contributed by atoms with Gasteiger partial charge in [-0.3, -0.25) is 9.89 Å². The van der Waals surface area contributed by atoms with E-state index in [1.165, 1.54) is 51.7 Å². The maximum atomic E-state index is 4.35. The number of piperidine rings is 1. The molecule has 0 aliphatic carbocycles. The molecule has 6 heteroatoms. The maximum absolute atomic E-state index is 4.35. The first-order valence-corrected chi connectivity index (χ1v) is 9.10.